The lowest BCUT2D eigenvalue weighted by Crippen LogP contribution is -2.48. The molecular formula is C15H24N2O3S. The molecule has 21 heavy (non-hydrogen) atoms. The zero-order chi connectivity index (χ0) is 15.9. The third-order valence-electron chi connectivity index (χ3n) is 3.18. The first kappa shape index (κ1) is 17.5. The summed E-state index contributed by atoms with van der Waals surface area (Å²) in [6.45, 7) is 4.26. The molecule has 1 atom stereocenters. The highest BCUT2D eigenvalue weighted by Crippen LogP contribution is 2.20. The monoisotopic (exact) mass is 312 g/mol. The van der Waals surface area contributed by atoms with Crippen molar-refractivity contribution in [1.82, 2.24) is 5.32 Å². The van der Waals surface area contributed by atoms with Gasteiger partial charge in [0.25, 0.3) is 0 Å². The van der Waals surface area contributed by atoms with Crippen LogP contribution in [-0.2, 0) is 14.8 Å². The van der Waals surface area contributed by atoms with Gasteiger partial charge in [-0.3, -0.25) is 9.10 Å². The zero-order valence-corrected chi connectivity index (χ0v) is 13.7. The van der Waals surface area contributed by atoms with Crippen LogP contribution in [0.5, 0.6) is 0 Å². The van der Waals surface area contributed by atoms with Gasteiger partial charge in [-0.15, -0.1) is 0 Å². The van der Waals surface area contributed by atoms with E-state index in [1.807, 2.05) is 0 Å². The average Bonchev–Trinajstić information content (AvgIpc) is 2.43. The molecule has 1 aromatic carbocycles. The van der Waals surface area contributed by atoms with Gasteiger partial charge >= 0.3 is 0 Å². The molecule has 0 fully saturated rings. The Labute approximate surface area is 127 Å². The predicted molar refractivity (Wildman–Crippen MR) is 85.8 cm³/mol. The maximum atomic E-state index is 12.2. The van der Waals surface area contributed by atoms with Crippen LogP contribution < -0.4 is 9.62 Å². The number of anilines is 1. The number of hydrogen-bond donors (Lipinski definition) is 1. The van der Waals surface area contributed by atoms with E-state index in [0.717, 1.165) is 29.8 Å². The second-order valence-corrected chi connectivity index (χ2v) is 6.93. The zero-order valence-electron chi connectivity index (χ0n) is 12.9. The van der Waals surface area contributed by atoms with E-state index < -0.39 is 16.1 Å². The summed E-state index contributed by atoms with van der Waals surface area (Å²) in [6, 6.07) is 7.89. The second kappa shape index (κ2) is 8.02. The third-order valence-corrected chi connectivity index (χ3v) is 4.42. The maximum absolute atomic E-state index is 12.2. The molecule has 0 heterocycles. The molecule has 1 amide bonds. The molecule has 0 saturated carbocycles. The van der Waals surface area contributed by atoms with Crippen LogP contribution >= 0.6 is 0 Å². The van der Waals surface area contributed by atoms with Crippen LogP contribution in [-0.4, -0.2) is 33.2 Å². The van der Waals surface area contributed by atoms with Crippen molar-refractivity contribution in [3.8, 4) is 0 Å². The average molecular weight is 312 g/mol. The van der Waals surface area contributed by atoms with Gasteiger partial charge in [0.15, 0.2) is 0 Å². The Morgan fingerprint density at radius 2 is 1.86 bits per heavy atom. The van der Waals surface area contributed by atoms with Gasteiger partial charge in [-0.05, 0) is 25.5 Å². The summed E-state index contributed by atoms with van der Waals surface area (Å²) in [5, 5.41) is 2.79. The Kier molecular flexibility index (Phi) is 6.68. The fourth-order valence-corrected chi connectivity index (χ4v) is 3.29. The molecule has 0 aromatic heterocycles. The lowest BCUT2D eigenvalue weighted by Gasteiger charge is -2.28. The van der Waals surface area contributed by atoms with Crippen LogP contribution in [0.1, 0.15) is 33.1 Å². The van der Waals surface area contributed by atoms with E-state index in [-0.39, 0.29) is 5.91 Å². The van der Waals surface area contributed by atoms with Crippen molar-refractivity contribution in [1.29, 1.82) is 0 Å². The number of sulfonamides is 1. The minimum absolute atomic E-state index is 0.277. The van der Waals surface area contributed by atoms with E-state index in [2.05, 4.69) is 12.2 Å². The standard InChI is InChI=1S/C15H24N2O3S/c1-4-5-9-12-16-15(18)13(2)17(21(3,19)20)14-10-7-6-8-11-14/h6-8,10-11,13H,4-5,9,12H2,1-3H3,(H,16,18)/t13-/m1/s1. The van der Waals surface area contributed by atoms with E-state index in [1.165, 1.54) is 0 Å². The van der Waals surface area contributed by atoms with Gasteiger partial charge in [-0.1, -0.05) is 38.0 Å². The number of carbonyl (C=O) groups excluding carboxylic acids is 1. The molecule has 1 N–H and O–H groups in total. The van der Waals surface area contributed by atoms with Crippen LogP contribution in [0, 0.1) is 0 Å². The van der Waals surface area contributed by atoms with Crippen LogP contribution in [0.25, 0.3) is 0 Å². The summed E-state index contributed by atoms with van der Waals surface area (Å²) in [7, 11) is -3.52. The number of benzene rings is 1. The molecule has 0 aliphatic carbocycles. The van der Waals surface area contributed by atoms with Gasteiger partial charge in [0.2, 0.25) is 15.9 Å². The van der Waals surface area contributed by atoms with Gasteiger partial charge in [0, 0.05) is 6.54 Å². The van der Waals surface area contributed by atoms with Gasteiger partial charge in [-0.2, -0.15) is 0 Å². The van der Waals surface area contributed by atoms with E-state index in [4.69, 9.17) is 0 Å². The minimum atomic E-state index is -3.52. The summed E-state index contributed by atoms with van der Waals surface area (Å²) in [5.41, 5.74) is 0.496. The number of nitrogens with zero attached hydrogens (tertiary/aromatic N) is 1. The molecule has 1 aromatic rings. The first-order chi connectivity index (χ1) is 9.88. The SMILES string of the molecule is CCCCCNC(=O)[C@@H](C)N(c1ccccc1)S(C)(=O)=O. The normalized spacial score (nSPS) is 12.7. The van der Waals surface area contributed by atoms with Crippen molar-refractivity contribution in [2.24, 2.45) is 0 Å². The van der Waals surface area contributed by atoms with Crippen LogP contribution in [0.3, 0.4) is 0 Å². The lowest BCUT2D eigenvalue weighted by molar-refractivity contribution is -0.121. The molecule has 0 bridgehead atoms. The molecule has 0 spiro atoms. The third kappa shape index (κ3) is 5.38. The van der Waals surface area contributed by atoms with E-state index in [9.17, 15) is 13.2 Å². The van der Waals surface area contributed by atoms with Crippen molar-refractivity contribution in [3.63, 3.8) is 0 Å². The number of para-hydroxylation sites is 1. The van der Waals surface area contributed by atoms with Crippen LogP contribution in [0.4, 0.5) is 5.69 Å². The topological polar surface area (TPSA) is 66.5 Å². The maximum Gasteiger partial charge on any atom is 0.243 e. The van der Waals surface area contributed by atoms with Crippen molar-refractivity contribution in [3.05, 3.63) is 30.3 Å². The second-order valence-electron chi connectivity index (χ2n) is 5.07. The number of hydrogen-bond acceptors (Lipinski definition) is 3. The highest BCUT2D eigenvalue weighted by Gasteiger charge is 2.28. The molecule has 118 valence electrons. The number of nitrogens with one attached hydrogen (secondary N) is 1. The Hall–Kier alpha value is -1.56. The van der Waals surface area contributed by atoms with Crippen molar-refractivity contribution >= 4 is 21.6 Å². The molecule has 6 heteroatoms. The lowest BCUT2D eigenvalue weighted by atomic mass is 10.2. The number of carbonyl (C=O) groups is 1. The van der Waals surface area contributed by atoms with Gasteiger partial charge in [0.1, 0.15) is 6.04 Å². The predicted octanol–water partition coefficient (Wildman–Crippen LogP) is 2.15. The summed E-state index contributed by atoms with van der Waals surface area (Å²) < 4.78 is 25.2. The quantitative estimate of drug-likeness (QED) is 0.748. The Morgan fingerprint density at radius 3 is 2.38 bits per heavy atom. The van der Waals surface area contributed by atoms with Crippen molar-refractivity contribution in [2.45, 2.75) is 39.2 Å². The van der Waals surface area contributed by atoms with Crippen molar-refractivity contribution < 1.29 is 13.2 Å². The van der Waals surface area contributed by atoms with Crippen molar-refractivity contribution in [2.75, 3.05) is 17.1 Å². The smallest absolute Gasteiger partial charge is 0.243 e. The number of rotatable bonds is 8. The number of amides is 1. The van der Waals surface area contributed by atoms with E-state index >= 15 is 0 Å². The van der Waals surface area contributed by atoms with E-state index in [0.29, 0.717) is 12.2 Å². The largest absolute Gasteiger partial charge is 0.354 e. The molecule has 0 aliphatic heterocycles. The Balaban J connectivity index is 2.83. The molecule has 0 aliphatic rings. The molecule has 1 rings (SSSR count). The van der Waals surface area contributed by atoms with Gasteiger partial charge < -0.3 is 5.32 Å². The van der Waals surface area contributed by atoms with Gasteiger partial charge in [-0.25, -0.2) is 8.42 Å². The van der Waals surface area contributed by atoms with Crippen LogP contribution in [0.15, 0.2) is 30.3 Å². The van der Waals surface area contributed by atoms with Crippen LogP contribution in [0.2, 0.25) is 0 Å². The molecule has 0 unspecified atom stereocenters. The Morgan fingerprint density at radius 1 is 1.24 bits per heavy atom. The highest BCUT2D eigenvalue weighted by molar-refractivity contribution is 7.92. The molecular weight excluding hydrogens is 288 g/mol. The molecule has 0 saturated heterocycles. The molecule has 5 nitrogen and oxygen atoms in total. The minimum Gasteiger partial charge on any atom is -0.354 e. The first-order valence-electron chi connectivity index (χ1n) is 7.20. The summed E-state index contributed by atoms with van der Waals surface area (Å²) in [6.07, 6.45) is 4.13. The Bertz CT molecular complexity index is 543. The summed E-state index contributed by atoms with van der Waals surface area (Å²) in [4.78, 5) is 12.2. The summed E-state index contributed by atoms with van der Waals surface area (Å²) in [5.74, 6) is -0.277. The molecule has 0 radical (unpaired) electrons. The first-order valence-corrected chi connectivity index (χ1v) is 9.05. The van der Waals surface area contributed by atoms with E-state index in [1.54, 1.807) is 37.3 Å². The van der Waals surface area contributed by atoms with Gasteiger partial charge in [0.05, 0.1) is 11.9 Å². The summed E-state index contributed by atoms with van der Waals surface area (Å²) >= 11 is 0. The highest BCUT2D eigenvalue weighted by atomic mass is 32.2. The number of unbranched alkanes of at least 4 members (excludes halogenated alkanes) is 2. The fraction of sp³-hybridized carbons (Fsp3) is 0.533. The fourth-order valence-electron chi connectivity index (χ4n) is 2.12.